The van der Waals surface area contributed by atoms with Crippen molar-refractivity contribution < 1.29 is 0 Å². The standard InChI is InChI=1S/C17H17N9O/c1-8-18-16(20-10-4-5-11-13(6-10)24-26-15(11)27)22-17(19-8)21-14-7-12(23-25-14)9-2-3-9/h4-7,9H,2-3H2,1H3,(H2,24,26,27)(H3,18,19,20,21,22,23,25). The fourth-order valence-electron chi connectivity index (χ4n) is 2.96. The van der Waals surface area contributed by atoms with E-state index in [0.717, 1.165) is 11.4 Å². The second-order valence-electron chi connectivity index (χ2n) is 6.60. The molecule has 136 valence electrons. The number of hydrogen-bond donors (Lipinski definition) is 5. The second-order valence-corrected chi connectivity index (χ2v) is 6.60. The average Bonchev–Trinajstić information content (AvgIpc) is 3.28. The summed E-state index contributed by atoms with van der Waals surface area (Å²) >= 11 is 0. The van der Waals surface area contributed by atoms with Crippen LogP contribution < -0.4 is 16.2 Å². The number of rotatable bonds is 5. The maximum atomic E-state index is 11.6. The van der Waals surface area contributed by atoms with Crippen LogP contribution in [0.2, 0.25) is 0 Å². The van der Waals surface area contributed by atoms with Crippen LogP contribution in [0.3, 0.4) is 0 Å². The van der Waals surface area contributed by atoms with Crippen molar-refractivity contribution in [3.8, 4) is 0 Å². The number of nitrogens with one attached hydrogen (secondary N) is 5. The first-order chi connectivity index (χ1) is 13.1. The Balaban J connectivity index is 1.39. The Morgan fingerprint density at radius 2 is 1.85 bits per heavy atom. The summed E-state index contributed by atoms with van der Waals surface area (Å²) in [5.74, 6) is 2.67. The van der Waals surface area contributed by atoms with Crippen LogP contribution in [0.15, 0.2) is 29.1 Å². The van der Waals surface area contributed by atoms with Crippen molar-refractivity contribution in [2.24, 2.45) is 0 Å². The van der Waals surface area contributed by atoms with E-state index in [1.807, 2.05) is 12.1 Å². The Labute approximate surface area is 152 Å². The Bertz CT molecular complexity index is 1180. The van der Waals surface area contributed by atoms with E-state index in [0.29, 0.717) is 40.4 Å². The smallest absolute Gasteiger partial charge is 0.271 e. The minimum Gasteiger partial charge on any atom is -0.324 e. The minimum atomic E-state index is -0.149. The van der Waals surface area contributed by atoms with E-state index in [1.165, 1.54) is 12.8 Å². The number of aromatic nitrogens is 7. The van der Waals surface area contributed by atoms with Gasteiger partial charge in [-0.3, -0.25) is 20.1 Å². The Morgan fingerprint density at radius 3 is 2.67 bits per heavy atom. The summed E-state index contributed by atoms with van der Waals surface area (Å²) in [6.45, 7) is 1.80. The molecule has 0 bridgehead atoms. The molecule has 4 aromatic rings. The third-order valence-electron chi connectivity index (χ3n) is 4.43. The van der Waals surface area contributed by atoms with Crippen molar-refractivity contribution in [1.82, 2.24) is 35.3 Å². The summed E-state index contributed by atoms with van der Waals surface area (Å²) in [5, 5.41) is 19.5. The molecule has 0 amide bonds. The first-order valence-electron chi connectivity index (χ1n) is 8.66. The number of hydrogen-bond acceptors (Lipinski definition) is 7. The molecule has 1 aliphatic rings. The third kappa shape index (κ3) is 3.12. The molecule has 0 unspecified atom stereocenters. The molecule has 3 heterocycles. The number of nitrogens with zero attached hydrogens (tertiary/aromatic N) is 4. The molecular formula is C17H17N9O. The number of aromatic amines is 3. The summed E-state index contributed by atoms with van der Waals surface area (Å²) in [7, 11) is 0. The van der Waals surface area contributed by atoms with Crippen molar-refractivity contribution in [2.75, 3.05) is 10.6 Å². The highest BCUT2D eigenvalue weighted by Gasteiger charge is 2.25. The lowest BCUT2D eigenvalue weighted by atomic mass is 10.2. The van der Waals surface area contributed by atoms with E-state index in [4.69, 9.17) is 0 Å². The number of benzene rings is 1. The molecule has 1 fully saturated rings. The van der Waals surface area contributed by atoms with E-state index in [1.54, 1.807) is 19.1 Å². The maximum absolute atomic E-state index is 11.6. The van der Waals surface area contributed by atoms with Crippen molar-refractivity contribution in [3.05, 3.63) is 46.1 Å². The summed E-state index contributed by atoms with van der Waals surface area (Å²) in [6, 6.07) is 7.34. The van der Waals surface area contributed by atoms with Crippen molar-refractivity contribution >= 4 is 34.3 Å². The third-order valence-corrected chi connectivity index (χ3v) is 4.43. The highest BCUT2D eigenvalue weighted by Crippen LogP contribution is 2.39. The van der Waals surface area contributed by atoms with Gasteiger partial charge in [-0.2, -0.15) is 20.1 Å². The molecule has 0 spiro atoms. The highest BCUT2D eigenvalue weighted by atomic mass is 16.1. The minimum absolute atomic E-state index is 0.149. The van der Waals surface area contributed by atoms with Crippen LogP contribution in [0.4, 0.5) is 23.4 Å². The number of H-pyrrole nitrogens is 3. The SMILES string of the molecule is Cc1nc(Nc2ccc3c(=O)[nH][nH]c3c2)nc(Nc2cc(C3CC3)[nH]n2)n1. The molecule has 5 rings (SSSR count). The van der Waals surface area contributed by atoms with Crippen molar-refractivity contribution in [2.45, 2.75) is 25.7 Å². The van der Waals surface area contributed by atoms with Crippen LogP contribution >= 0.6 is 0 Å². The first kappa shape index (κ1) is 15.6. The van der Waals surface area contributed by atoms with E-state index >= 15 is 0 Å². The zero-order valence-corrected chi connectivity index (χ0v) is 14.5. The second kappa shape index (κ2) is 5.94. The van der Waals surface area contributed by atoms with Gasteiger partial charge in [0.25, 0.3) is 5.56 Å². The summed E-state index contributed by atoms with van der Waals surface area (Å²) < 4.78 is 0. The number of aryl methyl sites for hydroxylation is 1. The topological polar surface area (TPSA) is 140 Å². The Kier molecular flexibility index (Phi) is 3.42. The van der Waals surface area contributed by atoms with E-state index in [-0.39, 0.29) is 5.56 Å². The van der Waals surface area contributed by atoms with Crippen LogP contribution in [0.25, 0.3) is 10.9 Å². The van der Waals surface area contributed by atoms with Gasteiger partial charge in [0.2, 0.25) is 11.9 Å². The van der Waals surface area contributed by atoms with Crippen LogP contribution in [-0.2, 0) is 0 Å². The fourth-order valence-corrected chi connectivity index (χ4v) is 2.96. The molecule has 1 aliphatic carbocycles. The van der Waals surface area contributed by atoms with Gasteiger partial charge in [-0.05, 0) is 38.0 Å². The van der Waals surface area contributed by atoms with Gasteiger partial charge in [0.05, 0.1) is 10.9 Å². The quantitative estimate of drug-likeness (QED) is 0.367. The lowest BCUT2D eigenvalue weighted by Crippen LogP contribution is -2.05. The van der Waals surface area contributed by atoms with Gasteiger partial charge in [0, 0.05) is 23.4 Å². The summed E-state index contributed by atoms with van der Waals surface area (Å²) in [5.41, 5.74) is 2.45. The summed E-state index contributed by atoms with van der Waals surface area (Å²) in [4.78, 5) is 24.6. The van der Waals surface area contributed by atoms with E-state index in [9.17, 15) is 4.79 Å². The fraction of sp³-hybridized carbons (Fsp3) is 0.235. The molecule has 0 aliphatic heterocycles. The predicted octanol–water partition coefficient (Wildman–Crippen LogP) is 2.44. The highest BCUT2D eigenvalue weighted by molar-refractivity contribution is 5.82. The van der Waals surface area contributed by atoms with Gasteiger partial charge in [0.15, 0.2) is 5.82 Å². The molecule has 0 saturated heterocycles. The predicted molar refractivity (Wildman–Crippen MR) is 101 cm³/mol. The monoisotopic (exact) mass is 363 g/mol. The zero-order valence-electron chi connectivity index (χ0n) is 14.5. The molecule has 0 radical (unpaired) electrons. The molecule has 1 saturated carbocycles. The van der Waals surface area contributed by atoms with Crippen LogP contribution in [0.5, 0.6) is 0 Å². The van der Waals surface area contributed by atoms with Gasteiger partial charge in [-0.25, -0.2) is 0 Å². The average molecular weight is 363 g/mol. The molecule has 27 heavy (non-hydrogen) atoms. The Morgan fingerprint density at radius 1 is 1.04 bits per heavy atom. The molecule has 3 aromatic heterocycles. The van der Waals surface area contributed by atoms with Gasteiger partial charge in [-0.1, -0.05) is 0 Å². The van der Waals surface area contributed by atoms with E-state index in [2.05, 4.69) is 46.0 Å². The van der Waals surface area contributed by atoms with Gasteiger partial charge in [-0.15, -0.1) is 0 Å². The van der Waals surface area contributed by atoms with Gasteiger partial charge < -0.3 is 10.6 Å². The molecule has 0 atom stereocenters. The number of fused-ring (bicyclic) bond motifs is 1. The zero-order chi connectivity index (χ0) is 18.4. The van der Waals surface area contributed by atoms with Crippen molar-refractivity contribution in [1.29, 1.82) is 0 Å². The van der Waals surface area contributed by atoms with Crippen LogP contribution in [0.1, 0.15) is 30.3 Å². The maximum Gasteiger partial charge on any atom is 0.271 e. The lowest BCUT2D eigenvalue weighted by molar-refractivity contribution is 0.960. The van der Waals surface area contributed by atoms with E-state index < -0.39 is 0 Å². The lowest BCUT2D eigenvalue weighted by Gasteiger charge is -2.08. The molecule has 1 aromatic carbocycles. The Hall–Kier alpha value is -3.69. The molecule has 10 nitrogen and oxygen atoms in total. The number of anilines is 4. The van der Waals surface area contributed by atoms with Crippen LogP contribution in [0, 0.1) is 6.92 Å². The normalized spacial score (nSPS) is 13.8. The van der Waals surface area contributed by atoms with Gasteiger partial charge >= 0.3 is 0 Å². The van der Waals surface area contributed by atoms with Crippen LogP contribution in [-0.4, -0.2) is 35.3 Å². The molecule has 10 heteroatoms. The summed E-state index contributed by atoms with van der Waals surface area (Å²) in [6.07, 6.45) is 2.41. The molecular weight excluding hydrogens is 346 g/mol. The largest absolute Gasteiger partial charge is 0.324 e. The van der Waals surface area contributed by atoms with Crippen molar-refractivity contribution in [3.63, 3.8) is 0 Å². The first-order valence-corrected chi connectivity index (χ1v) is 8.66. The van der Waals surface area contributed by atoms with Gasteiger partial charge in [0.1, 0.15) is 5.82 Å². The molecule has 5 N–H and O–H groups in total.